The van der Waals surface area contributed by atoms with Gasteiger partial charge in [0.05, 0.1) is 11.2 Å². The highest BCUT2D eigenvalue weighted by Crippen LogP contribution is 2.38. The van der Waals surface area contributed by atoms with Gasteiger partial charge in [-0.25, -0.2) is 0 Å². The SMILES string of the molecule is CC(NC(=O)c1[nH]ncc1Cl)c1nc(C2CC2)no1. The van der Waals surface area contributed by atoms with Crippen molar-refractivity contribution in [1.29, 1.82) is 0 Å². The Hall–Kier alpha value is -1.89. The molecule has 1 amide bonds. The number of rotatable bonds is 4. The smallest absolute Gasteiger partial charge is 0.271 e. The molecule has 8 heteroatoms. The largest absolute Gasteiger partial charge is 0.339 e. The average Bonchev–Trinajstić information content (AvgIpc) is 2.95. The van der Waals surface area contributed by atoms with E-state index >= 15 is 0 Å². The second kappa shape index (κ2) is 4.65. The van der Waals surface area contributed by atoms with Gasteiger partial charge < -0.3 is 9.84 Å². The van der Waals surface area contributed by atoms with Crippen LogP contribution in [0.25, 0.3) is 0 Å². The lowest BCUT2D eigenvalue weighted by Gasteiger charge is -2.08. The average molecular weight is 282 g/mol. The third-order valence-electron chi connectivity index (χ3n) is 2.94. The molecule has 1 fully saturated rings. The van der Waals surface area contributed by atoms with Crippen LogP contribution in [0.2, 0.25) is 5.02 Å². The molecule has 1 saturated carbocycles. The van der Waals surface area contributed by atoms with Gasteiger partial charge in [0.25, 0.3) is 5.91 Å². The van der Waals surface area contributed by atoms with Crippen molar-refractivity contribution in [2.45, 2.75) is 31.7 Å². The molecule has 0 spiro atoms. The van der Waals surface area contributed by atoms with Crippen LogP contribution in [0, 0.1) is 0 Å². The van der Waals surface area contributed by atoms with E-state index in [1.54, 1.807) is 6.92 Å². The summed E-state index contributed by atoms with van der Waals surface area (Å²) in [6.07, 6.45) is 3.58. The Balaban J connectivity index is 1.68. The summed E-state index contributed by atoms with van der Waals surface area (Å²) in [4.78, 5) is 16.2. The maximum Gasteiger partial charge on any atom is 0.271 e. The van der Waals surface area contributed by atoms with E-state index in [0.717, 1.165) is 18.7 Å². The fraction of sp³-hybridized carbons (Fsp3) is 0.455. The molecule has 100 valence electrons. The van der Waals surface area contributed by atoms with Crippen LogP contribution in [-0.4, -0.2) is 26.2 Å². The van der Waals surface area contributed by atoms with Crippen LogP contribution in [0.3, 0.4) is 0 Å². The number of nitrogens with one attached hydrogen (secondary N) is 2. The summed E-state index contributed by atoms with van der Waals surface area (Å²) in [6, 6.07) is -0.383. The van der Waals surface area contributed by atoms with Crippen LogP contribution in [0.1, 0.15) is 53.9 Å². The van der Waals surface area contributed by atoms with Crippen LogP contribution in [0.4, 0.5) is 0 Å². The topological polar surface area (TPSA) is 96.7 Å². The van der Waals surface area contributed by atoms with Crippen molar-refractivity contribution in [2.75, 3.05) is 0 Å². The van der Waals surface area contributed by atoms with Gasteiger partial charge in [-0.15, -0.1) is 0 Å². The molecule has 19 heavy (non-hydrogen) atoms. The van der Waals surface area contributed by atoms with Crippen molar-refractivity contribution in [3.63, 3.8) is 0 Å². The molecule has 0 saturated heterocycles. The Morgan fingerprint density at radius 1 is 1.63 bits per heavy atom. The predicted molar refractivity (Wildman–Crippen MR) is 65.8 cm³/mol. The van der Waals surface area contributed by atoms with Crippen molar-refractivity contribution in [3.05, 3.63) is 28.6 Å². The van der Waals surface area contributed by atoms with Gasteiger partial charge in [0, 0.05) is 5.92 Å². The first-order chi connectivity index (χ1) is 9.15. The standard InChI is InChI=1S/C11H12ClN5O2/c1-5(11-15-9(17-19-11)6-2-3-6)14-10(18)8-7(12)4-13-16-8/h4-6H,2-3H2,1H3,(H,13,16)(H,14,18). The molecule has 0 aliphatic heterocycles. The maximum atomic E-state index is 11.9. The second-order valence-electron chi connectivity index (χ2n) is 4.55. The Morgan fingerprint density at radius 2 is 2.42 bits per heavy atom. The molecule has 0 bridgehead atoms. The molecule has 1 atom stereocenters. The Kier molecular flexibility index (Phi) is 2.98. The lowest BCUT2D eigenvalue weighted by molar-refractivity contribution is 0.0927. The molecule has 2 heterocycles. The van der Waals surface area contributed by atoms with Crippen LogP contribution >= 0.6 is 11.6 Å². The highest BCUT2D eigenvalue weighted by Gasteiger charge is 2.30. The van der Waals surface area contributed by atoms with Gasteiger partial charge in [0.2, 0.25) is 5.89 Å². The van der Waals surface area contributed by atoms with Crippen molar-refractivity contribution in [1.82, 2.24) is 25.7 Å². The van der Waals surface area contributed by atoms with Gasteiger partial charge >= 0.3 is 0 Å². The molecular formula is C11H12ClN5O2. The third-order valence-corrected chi connectivity index (χ3v) is 3.22. The molecule has 2 N–H and O–H groups in total. The molecule has 2 aromatic rings. The number of H-pyrrole nitrogens is 1. The van der Waals surface area contributed by atoms with Gasteiger partial charge in [0.1, 0.15) is 11.7 Å². The summed E-state index contributed by atoms with van der Waals surface area (Å²) in [5.41, 5.74) is 0.218. The highest BCUT2D eigenvalue weighted by atomic mass is 35.5. The lowest BCUT2D eigenvalue weighted by atomic mass is 10.3. The number of halogens is 1. The molecule has 1 unspecified atom stereocenters. The zero-order valence-electron chi connectivity index (χ0n) is 10.2. The molecule has 0 aromatic carbocycles. The summed E-state index contributed by atoms with van der Waals surface area (Å²) in [5, 5.41) is 13.1. The molecule has 2 aromatic heterocycles. The summed E-state index contributed by atoms with van der Waals surface area (Å²) < 4.78 is 5.14. The molecule has 0 radical (unpaired) electrons. The number of aromatic amines is 1. The number of hydrogen-bond acceptors (Lipinski definition) is 5. The van der Waals surface area contributed by atoms with Crippen LogP contribution < -0.4 is 5.32 Å². The van der Waals surface area contributed by atoms with Crippen molar-refractivity contribution in [2.24, 2.45) is 0 Å². The molecule has 7 nitrogen and oxygen atoms in total. The summed E-state index contributed by atoms with van der Waals surface area (Å²) >= 11 is 5.81. The van der Waals surface area contributed by atoms with E-state index in [1.807, 2.05) is 0 Å². The van der Waals surface area contributed by atoms with Crippen molar-refractivity contribution in [3.8, 4) is 0 Å². The summed E-state index contributed by atoms with van der Waals surface area (Å²) in [7, 11) is 0. The minimum absolute atomic E-state index is 0.218. The second-order valence-corrected chi connectivity index (χ2v) is 4.96. The van der Waals surface area contributed by atoms with Gasteiger partial charge in [-0.1, -0.05) is 16.8 Å². The van der Waals surface area contributed by atoms with E-state index in [9.17, 15) is 4.79 Å². The van der Waals surface area contributed by atoms with Crippen LogP contribution in [0.5, 0.6) is 0 Å². The first kappa shape index (κ1) is 12.2. The zero-order chi connectivity index (χ0) is 13.4. The zero-order valence-corrected chi connectivity index (χ0v) is 10.9. The molecule has 1 aliphatic carbocycles. The van der Waals surface area contributed by atoms with Crippen LogP contribution in [-0.2, 0) is 0 Å². The lowest BCUT2D eigenvalue weighted by Crippen LogP contribution is -2.27. The highest BCUT2D eigenvalue weighted by molar-refractivity contribution is 6.33. The van der Waals surface area contributed by atoms with Crippen molar-refractivity contribution >= 4 is 17.5 Å². The van der Waals surface area contributed by atoms with E-state index in [4.69, 9.17) is 16.1 Å². The summed E-state index contributed by atoms with van der Waals surface area (Å²) in [5.74, 6) is 1.17. The van der Waals surface area contributed by atoms with E-state index in [2.05, 4.69) is 25.7 Å². The fourth-order valence-electron chi connectivity index (χ4n) is 1.69. The van der Waals surface area contributed by atoms with Gasteiger partial charge in [-0.05, 0) is 19.8 Å². The number of carbonyl (C=O) groups is 1. The number of aromatic nitrogens is 4. The Bertz CT molecular complexity index is 604. The quantitative estimate of drug-likeness (QED) is 0.891. The van der Waals surface area contributed by atoms with Crippen molar-refractivity contribution < 1.29 is 9.32 Å². The van der Waals surface area contributed by atoms with E-state index in [-0.39, 0.29) is 22.7 Å². The first-order valence-electron chi connectivity index (χ1n) is 5.98. The van der Waals surface area contributed by atoms with Gasteiger partial charge in [0.15, 0.2) is 5.82 Å². The number of hydrogen-bond donors (Lipinski definition) is 2. The van der Waals surface area contributed by atoms with Gasteiger partial charge in [-0.3, -0.25) is 9.89 Å². The molecular weight excluding hydrogens is 270 g/mol. The van der Waals surface area contributed by atoms with E-state index in [0.29, 0.717) is 11.8 Å². The van der Waals surface area contributed by atoms with Gasteiger partial charge in [-0.2, -0.15) is 10.1 Å². The number of nitrogens with zero attached hydrogens (tertiary/aromatic N) is 3. The molecule has 3 rings (SSSR count). The number of carbonyl (C=O) groups excluding carboxylic acids is 1. The minimum atomic E-state index is -0.383. The maximum absolute atomic E-state index is 11.9. The molecule has 1 aliphatic rings. The monoisotopic (exact) mass is 281 g/mol. The fourth-order valence-corrected chi connectivity index (χ4v) is 1.87. The minimum Gasteiger partial charge on any atom is -0.339 e. The summed E-state index contributed by atoms with van der Waals surface area (Å²) in [6.45, 7) is 1.77. The Labute approximate surface area is 113 Å². The third kappa shape index (κ3) is 2.46. The number of amides is 1. The Morgan fingerprint density at radius 3 is 3.05 bits per heavy atom. The van der Waals surface area contributed by atoms with E-state index < -0.39 is 0 Å². The predicted octanol–water partition coefficient (Wildman–Crippen LogP) is 1.81. The van der Waals surface area contributed by atoms with E-state index in [1.165, 1.54) is 6.20 Å². The van der Waals surface area contributed by atoms with Crippen LogP contribution in [0.15, 0.2) is 10.7 Å². The normalized spacial score (nSPS) is 16.3. The first-order valence-corrected chi connectivity index (χ1v) is 6.36.